The molecule has 6 aliphatic rings. The largest absolute Gasteiger partial charge is 0.449 e. The van der Waals surface area contributed by atoms with E-state index >= 15 is 0 Å². The average molecular weight is 525 g/mol. The maximum Gasteiger partial charge on any atom is 0.407 e. The van der Waals surface area contributed by atoms with Crippen LogP contribution in [0.1, 0.15) is 78.1 Å². The fraction of sp³-hybridized carbons (Fsp3) is 0.774. The van der Waals surface area contributed by atoms with Gasteiger partial charge in [-0.3, -0.25) is 4.79 Å². The first-order valence-electron chi connectivity index (χ1n) is 15.0. The number of rotatable bonds is 12. The van der Waals surface area contributed by atoms with Crippen molar-refractivity contribution in [2.75, 3.05) is 13.2 Å². The van der Waals surface area contributed by atoms with Crippen LogP contribution in [-0.2, 0) is 14.3 Å². The lowest BCUT2D eigenvalue weighted by Gasteiger charge is -2.38. The summed E-state index contributed by atoms with van der Waals surface area (Å²) in [5.74, 6) is 2.80. The van der Waals surface area contributed by atoms with Crippen molar-refractivity contribution in [1.82, 2.24) is 10.6 Å². The predicted molar refractivity (Wildman–Crippen MR) is 143 cm³/mol. The number of nitrogens with one attached hydrogen (secondary N) is 2. The van der Waals surface area contributed by atoms with Crippen molar-refractivity contribution in [1.29, 1.82) is 0 Å². The maximum absolute atomic E-state index is 13.8. The molecule has 2 N–H and O–H groups in total. The van der Waals surface area contributed by atoms with Crippen molar-refractivity contribution in [3.8, 4) is 0 Å². The summed E-state index contributed by atoms with van der Waals surface area (Å²) in [6.45, 7) is 4.64. The molecule has 7 heteroatoms. The van der Waals surface area contributed by atoms with E-state index in [2.05, 4.69) is 34.9 Å². The predicted octanol–water partition coefficient (Wildman–Crippen LogP) is 5.55. The SMILES string of the molecule is CC(NC(=O)OCC1(CC(=O)CC2(COC(=O)NC(C)C3CC3)CC3C=CC2C3)CC2C=CC1C2)C1CC1. The van der Waals surface area contributed by atoms with Gasteiger partial charge in [0.1, 0.15) is 5.78 Å². The van der Waals surface area contributed by atoms with Gasteiger partial charge < -0.3 is 20.1 Å². The fourth-order valence-corrected chi connectivity index (χ4v) is 8.10. The molecule has 2 amide bonds. The van der Waals surface area contributed by atoms with E-state index in [1.165, 1.54) is 0 Å². The van der Waals surface area contributed by atoms with E-state index in [1.807, 2.05) is 13.8 Å². The number of Topliss-reactive ketones (excluding diaryl/α,β-unsaturated/α-hetero) is 1. The summed E-state index contributed by atoms with van der Waals surface area (Å²) >= 11 is 0. The third kappa shape index (κ3) is 5.40. The highest BCUT2D eigenvalue weighted by Gasteiger charge is 2.54. The Morgan fingerprint density at radius 2 is 1.16 bits per heavy atom. The topological polar surface area (TPSA) is 93.7 Å². The molecule has 0 aromatic carbocycles. The van der Waals surface area contributed by atoms with Gasteiger partial charge in [-0.1, -0.05) is 24.3 Å². The van der Waals surface area contributed by atoms with Crippen molar-refractivity contribution in [2.45, 2.75) is 90.1 Å². The van der Waals surface area contributed by atoms with Gasteiger partial charge in [0.15, 0.2) is 0 Å². The van der Waals surface area contributed by atoms with Crippen LogP contribution in [0.25, 0.3) is 0 Å². The van der Waals surface area contributed by atoms with Crippen LogP contribution in [0.4, 0.5) is 9.59 Å². The smallest absolute Gasteiger partial charge is 0.407 e. The molecule has 6 aliphatic carbocycles. The number of hydrogen-bond acceptors (Lipinski definition) is 5. The molecule has 0 aliphatic heterocycles. The fourth-order valence-electron chi connectivity index (χ4n) is 8.10. The number of amides is 2. The third-order valence-electron chi connectivity index (χ3n) is 10.7. The molecule has 0 aromatic rings. The molecule has 0 heterocycles. The second-order valence-corrected chi connectivity index (χ2v) is 13.7. The van der Waals surface area contributed by atoms with Gasteiger partial charge in [-0.15, -0.1) is 0 Å². The minimum atomic E-state index is -0.363. The van der Waals surface area contributed by atoms with Crippen LogP contribution >= 0.6 is 0 Å². The number of carbonyl (C=O) groups excluding carboxylic acids is 3. The molecule has 0 radical (unpaired) electrons. The van der Waals surface area contributed by atoms with Gasteiger partial charge in [0.05, 0.1) is 13.2 Å². The van der Waals surface area contributed by atoms with E-state index in [-0.39, 0.29) is 65.9 Å². The van der Waals surface area contributed by atoms with E-state index in [4.69, 9.17) is 9.47 Å². The van der Waals surface area contributed by atoms with Gasteiger partial charge in [0.2, 0.25) is 0 Å². The molecule has 4 saturated carbocycles. The van der Waals surface area contributed by atoms with Crippen molar-refractivity contribution < 1.29 is 23.9 Å². The number of alkyl carbamates (subject to hydrolysis) is 2. The molecule has 0 aromatic heterocycles. The first-order chi connectivity index (χ1) is 18.2. The molecule has 0 saturated heterocycles. The zero-order valence-electron chi connectivity index (χ0n) is 23.0. The van der Waals surface area contributed by atoms with E-state index in [0.29, 0.717) is 36.5 Å². The first kappa shape index (κ1) is 25.9. The van der Waals surface area contributed by atoms with E-state index in [9.17, 15) is 14.4 Å². The summed E-state index contributed by atoms with van der Waals surface area (Å²) in [5, 5.41) is 5.98. The van der Waals surface area contributed by atoms with Crippen LogP contribution in [0, 0.1) is 46.3 Å². The van der Waals surface area contributed by atoms with Crippen molar-refractivity contribution in [3.05, 3.63) is 24.3 Å². The Labute approximate surface area is 226 Å². The summed E-state index contributed by atoms with van der Waals surface area (Å²) < 4.78 is 11.6. The number of ether oxygens (including phenoxy) is 2. The molecule has 8 atom stereocenters. The molecule has 6 rings (SSSR count). The second kappa shape index (κ2) is 10.0. The van der Waals surface area contributed by atoms with E-state index < -0.39 is 0 Å². The molecule has 4 bridgehead atoms. The quantitative estimate of drug-likeness (QED) is 0.327. The van der Waals surface area contributed by atoms with Crippen molar-refractivity contribution in [3.63, 3.8) is 0 Å². The van der Waals surface area contributed by atoms with Gasteiger partial charge >= 0.3 is 12.2 Å². The average Bonchev–Trinajstić information content (AvgIpc) is 3.77. The molecule has 0 spiro atoms. The van der Waals surface area contributed by atoms with Gasteiger partial charge in [-0.2, -0.15) is 0 Å². The monoisotopic (exact) mass is 524 g/mol. The Morgan fingerprint density at radius 3 is 1.47 bits per heavy atom. The lowest BCUT2D eigenvalue weighted by Crippen LogP contribution is -2.42. The third-order valence-corrected chi connectivity index (χ3v) is 10.7. The Balaban J connectivity index is 1.09. The number of hydrogen-bond donors (Lipinski definition) is 2. The maximum atomic E-state index is 13.8. The second-order valence-electron chi connectivity index (χ2n) is 13.7. The molecule has 7 nitrogen and oxygen atoms in total. The van der Waals surface area contributed by atoms with Crippen LogP contribution < -0.4 is 10.6 Å². The highest BCUT2D eigenvalue weighted by Crippen LogP contribution is 2.57. The van der Waals surface area contributed by atoms with E-state index in [1.54, 1.807) is 0 Å². The molecule has 38 heavy (non-hydrogen) atoms. The number of fused-ring (bicyclic) bond motifs is 4. The standard InChI is InChI=1S/C31H44N2O5/c1-19(23-5-6-23)32-28(35)37-17-30(13-21-3-9-25(30)11-21)15-27(34)16-31(14-22-4-10-26(31)12-22)18-38-29(36)33-20(2)24-7-8-24/h3-4,9-10,19-26H,5-8,11-18H2,1-2H3,(H,32,35)(H,33,36). The lowest BCUT2D eigenvalue weighted by molar-refractivity contribution is -0.126. The van der Waals surface area contributed by atoms with E-state index in [0.717, 1.165) is 51.4 Å². The minimum absolute atomic E-state index is 0.134. The van der Waals surface area contributed by atoms with Gasteiger partial charge in [-0.25, -0.2) is 9.59 Å². The highest BCUT2D eigenvalue weighted by atomic mass is 16.6. The van der Waals surface area contributed by atoms with Crippen molar-refractivity contribution in [2.24, 2.45) is 46.3 Å². The summed E-state index contributed by atoms with van der Waals surface area (Å²) in [6.07, 6.45) is 17.6. The molecular formula is C31H44N2O5. The van der Waals surface area contributed by atoms with Crippen LogP contribution in [0.15, 0.2) is 24.3 Å². The van der Waals surface area contributed by atoms with Gasteiger partial charge in [-0.05, 0) is 101 Å². The Hall–Kier alpha value is -2.31. The summed E-state index contributed by atoms with van der Waals surface area (Å²) in [6, 6.07) is 0.269. The Morgan fingerprint density at radius 1 is 0.737 bits per heavy atom. The highest BCUT2D eigenvalue weighted by molar-refractivity contribution is 5.80. The molecule has 4 fully saturated rings. The van der Waals surface area contributed by atoms with Crippen LogP contribution in [0.5, 0.6) is 0 Å². The molecule has 8 unspecified atom stereocenters. The summed E-state index contributed by atoms with van der Waals surface area (Å²) in [5.41, 5.74) is -0.660. The minimum Gasteiger partial charge on any atom is -0.449 e. The number of ketones is 1. The van der Waals surface area contributed by atoms with Crippen LogP contribution in [-0.4, -0.2) is 43.3 Å². The summed E-state index contributed by atoms with van der Waals surface area (Å²) in [7, 11) is 0. The lowest BCUT2D eigenvalue weighted by atomic mass is 9.68. The zero-order valence-corrected chi connectivity index (χ0v) is 23.0. The van der Waals surface area contributed by atoms with Gasteiger partial charge in [0.25, 0.3) is 0 Å². The van der Waals surface area contributed by atoms with Crippen LogP contribution in [0.3, 0.4) is 0 Å². The summed E-state index contributed by atoms with van der Waals surface area (Å²) in [4.78, 5) is 38.9. The zero-order chi connectivity index (χ0) is 26.5. The van der Waals surface area contributed by atoms with Crippen LogP contribution in [0.2, 0.25) is 0 Å². The van der Waals surface area contributed by atoms with Crippen molar-refractivity contribution >= 4 is 18.0 Å². The normalized spacial score (nSPS) is 37.7. The number of carbonyl (C=O) groups is 3. The Bertz CT molecular complexity index is 938. The first-order valence-corrected chi connectivity index (χ1v) is 15.0. The molecular weight excluding hydrogens is 480 g/mol. The van der Waals surface area contributed by atoms with Gasteiger partial charge in [0, 0.05) is 35.8 Å². The number of allylic oxidation sites excluding steroid dienone is 4. The Kier molecular flexibility index (Phi) is 6.84. The molecule has 208 valence electrons.